The molecule has 2 amide bonds. The molecule has 9 rings (SSSR count). The Morgan fingerprint density at radius 3 is 2.39 bits per heavy atom. The molecule has 64 heavy (non-hydrogen) atoms. The molecule has 3 saturated heterocycles. The lowest BCUT2D eigenvalue weighted by molar-refractivity contribution is -0.0336. The fourth-order valence-corrected chi connectivity index (χ4v) is 8.75. The number of fused-ring (bicyclic) bond motifs is 4. The van der Waals surface area contributed by atoms with Crippen LogP contribution in [-0.4, -0.2) is 89.5 Å². The molecule has 13 heteroatoms. The number of carbonyl (C=O) groups excluding carboxylic acids is 2. The van der Waals surface area contributed by atoms with Gasteiger partial charge in [0.2, 0.25) is 5.56 Å². The maximum absolute atomic E-state index is 14.1. The molecule has 0 saturated carbocycles. The van der Waals surface area contributed by atoms with Crippen molar-refractivity contribution in [2.45, 2.75) is 50.7 Å². The topological polar surface area (TPSA) is 166 Å². The summed E-state index contributed by atoms with van der Waals surface area (Å²) in [6.07, 6.45) is 1.31. The molecule has 3 unspecified atom stereocenters. The Hall–Kier alpha value is -6.67. The van der Waals surface area contributed by atoms with Gasteiger partial charge < -0.3 is 44.9 Å². The number of aromatic nitrogens is 1. The molecule has 3 fully saturated rings. The number of nitrogens with zero attached hydrogens (tertiary/aromatic N) is 2. The van der Waals surface area contributed by atoms with E-state index in [0.717, 1.165) is 54.7 Å². The summed E-state index contributed by atoms with van der Waals surface area (Å²) in [6.45, 7) is 4.77. The van der Waals surface area contributed by atoms with E-state index in [-0.39, 0.29) is 42.0 Å². The van der Waals surface area contributed by atoms with Crippen molar-refractivity contribution in [2.75, 3.05) is 46.4 Å². The normalized spacial score (nSPS) is 17.6. The number of methoxy groups -OCH3 is 1. The number of benzene rings is 5. The predicted molar refractivity (Wildman–Crippen MR) is 244 cm³/mol. The van der Waals surface area contributed by atoms with Crippen molar-refractivity contribution >= 4 is 22.9 Å². The first kappa shape index (κ1) is 44.0. The van der Waals surface area contributed by atoms with Gasteiger partial charge in [-0.25, -0.2) is 4.79 Å². The maximum atomic E-state index is 14.1. The van der Waals surface area contributed by atoms with Crippen molar-refractivity contribution in [3.63, 3.8) is 0 Å². The first-order valence-corrected chi connectivity index (χ1v) is 21.9. The van der Waals surface area contributed by atoms with Crippen LogP contribution in [0.3, 0.4) is 0 Å². The number of hydrogen-bond acceptors (Lipinski definition) is 10. The van der Waals surface area contributed by atoms with Gasteiger partial charge >= 0.3 is 6.09 Å². The van der Waals surface area contributed by atoms with Crippen molar-refractivity contribution in [3.05, 3.63) is 171 Å². The number of nitrogens with one attached hydrogen (secondary N) is 3. The van der Waals surface area contributed by atoms with Crippen LogP contribution in [0.5, 0.6) is 17.2 Å². The van der Waals surface area contributed by atoms with E-state index < -0.39 is 18.2 Å². The van der Waals surface area contributed by atoms with Crippen LogP contribution in [0.2, 0.25) is 0 Å². The molecule has 3 aliphatic rings. The van der Waals surface area contributed by atoms with Gasteiger partial charge in [-0.2, -0.15) is 0 Å². The van der Waals surface area contributed by atoms with E-state index in [1.807, 2.05) is 103 Å². The SMILES string of the molecule is COc1cccc(CN(CCCNCC(O)c2ccc(O)c3[nH]c(=O)ccc23)C(=O)c2ccc(COc3cccc(C(NC(=O)OC4CN5CCC4CC5)c4ccccc4)c3)cc2)c1. The molecule has 1 aromatic heterocycles. The van der Waals surface area contributed by atoms with Gasteiger partial charge in [0.1, 0.15) is 30.0 Å². The van der Waals surface area contributed by atoms with Gasteiger partial charge in [0, 0.05) is 43.2 Å². The molecule has 4 heterocycles. The highest BCUT2D eigenvalue weighted by molar-refractivity contribution is 5.94. The van der Waals surface area contributed by atoms with Crippen molar-refractivity contribution in [1.29, 1.82) is 0 Å². The Kier molecular flexibility index (Phi) is 14.2. The summed E-state index contributed by atoms with van der Waals surface area (Å²) in [6, 6.07) is 38.2. The summed E-state index contributed by atoms with van der Waals surface area (Å²) >= 11 is 0. The minimum absolute atomic E-state index is 0.0659. The summed E-state index contributed by atoms with van der Waals surface area (Å²) in [7, 11) is 1.61. The number of piperidine rings is 3. The molecule has 332 valence electrons. The number of aliphatic hydroxyl groups is 1. The number of hydrogen-bond donors (Lipinski definition) is 5. The molecule has 5 N–H and O–H groups in total. The van der Waals surface area contributed by atoms with E-state index in [0.29, 0.717) is 60.0 Å². The number of aromatic hydroxyl groups is 1. The first-order chi connectivity index (χ1) is 31.2. The van der Waals surface area contributed by atoms with Crippen LogP contribution in [0.25, 0.3) is 10.9 Å². The molecule has 13 nitrogen and oxygen atoms in total. The predicted octanol–water partition coefficient (Wildman–Crippen LogP) is 7.09. The Morgan fingerprint density at radius 2 is 1.62 bits per heavy atom. The molecular weight excluding hydrogens is 811 g/mol. The Labute approximate surface area is 372 Å². The Morgan fingerprint density at radius 1 is 0.859 bits per heavy atom. The molecule has 2 bridgehead atoms. The summed E-state index contributed by atoms with van der Waals surface area (Å²) in [5, 5.41) is 28.2. The number of phenols is 1. The average Bonchev–Trinajstić information content (AvgIpc) is 3.33. The van der Waals surface area contributed by atoms with Crippen LogP contribution in [0.4, 0.5) is 4.79 Å². The van der Waals surface area contributed by atoms with E-state index in [1.54, 1.807) is 24.1 Å². The number of carbonyl (C=O) groups is 2. The second kappa shape index (κ2) is 20.7. The molecule has 6 aromatic rings. The highest BCUT2D eigenvalue weighted by Crippen LogP contribution is 2.32. The largest absolute Gasteiger partial charge is 0.506 e. The summed E-state index contributed by atoms with van der Waals surface area (Å²) in [5.41, 5.74) is 4.66. The van der Waals surface area contributed by atoms with Crippen LogP contribution < -0.4 is 25.7 Å². The lowest BCUT2D eigenvalue weighted by Gasteiger charge is -2.43. The highest BCUT2D eigenvalue weighted by atomic mass is 16.6. The van der Waals surface area contributed by atoms with E-state index in [2.05, 4.69) is 20.5 Å². The summed E-state index contributed by atoms with van der Waals surface area (Å²) in [4.78, 5) is 46.0. The third-order valence-corrected chi connectivity index (χ3v) is 12.2. The van der Waals surface area contributed by atoms with Gasteiger partial charge in [0.25, 0.3) is 5.91 Å². The number of ether oxygens (including phenoxy) is 3. The molecule has 5 aromatic carbocycles. The smallest absolute Gasteiger partial charge is 0.408 e. The monoisotopic (exact) mass is 865 g/mol. The Bertz CT molecular complexity index is 2580. The zero-order valence-electron chi connectivity index (χ0n) is 36.0. The number of amides is 2. The van der Waals surface area contributed by atoms with E-state index in [9.17, 15) is 24.6 Å². The third kappa shape index (κ3) is 10.9. The molecule has 0 radical (unpaired) electrons. The van der Waals surface area contributed by atoms with E-state index in [1.165, 1.54) is 12.1 Å². The second-order valence-electron chi connectivity index (χ2n) is 16.6. The molecule has 0 aliphatic carbocycles. The van der Waals surface area contributed by atoms with Gasteiger partial charge in [-0.05, 0) is 121 Å². The number of phenolic OH excluding ortho intramolecular Hbond substituents is 1. The minimum Gasteiger partial charge on any atom is -0.506 e. The van der Waals surface area contributed by atoms with Gasteiger partial charge in [-0.1, -0.05) is 72.8 Å². The lowest BCUT2D eigenvalue weighted by Crippen LogP contribution is -2.52. The van der Waals surface area contributed by atoms with Gasteiger partial charge in [-0.15, -0.1) is 0 Å². The molecular formula is C51H55N5O8. The summed E-state index contributed by atoms with van der Waals surface area (Å²) in [5.74, 6) is 1.56. The third-order valence-electron chi connectivity index (χ3n) is 12.2. The number of aromatic amines is 1. The van der Waals surface area contributed by atoms with Crippen LogP contribution in [-0.2, 0) is 17.9 Å². The van der Waals surface area contributed by atoms with Crippen LogP contribution in [0.1, 0.15) is 69.6 Å². The number of pyridine rings is 1. The van der Waals surface area contributed by atoms with Gasteiger partial charge in [-0.3, -0.25) is 14.5 Å². The zero-order chi connectivity index (χ0) is 44.4. The van der Waals surface area contributed by atoms with Crippen LogP contribution >= 0.6 is 0 Å². The Balaban J connectivity index is 0.885. The average molecular weight is 866 g/mol. The standard InChI is InChI=1S/C51H55N5O8/c1-62-40-12-5-8-35(28-40)31-56(25-7-24-52-30-45(58)42-18-20-44(57)49-43(42)19-21-47(59)53-49)50(60)38-16-14-34(15-17-38)33-63-41-13-6-11-39(29-41)48(37-9-3-2-4-10-37)54-51(61)64-46-32-55-26-22-36(46)23-27-55/h2-6,8-21,28-29,36,45-46,48,52,57-58H,7,22-27,30-33H2,1H3,(H,53,59)(H,54,61). The number of aliphatic hydroxyl groups excluding tert-OH is 1. The van der Waals surface area contributed by atoms with Crippen LogP contribution in [0, 0.1) is 5.92 Å². The highest BCUT2D eigenvalue weighted by Gasteiger charge is 2.37. The quantitative estimate of drug-likeness (QED) is 0.0564. The van der Waals surface area contributed by atoms with Crippen molar-refractivity contribution in [1.82, 2.24) is 25.4 Å². The van der Waals surface area contributed by atoms with Crippen molar-refractivity contribution in [2.24, 2.45) is 5.92 Å². The fraction of sp³-hybridized carbons (Fsp3) is 0.314. The maximum Gasteiger partial charge on any atom is 0.408 e. The van der Waals surface area contributed by atoms with E-state index in [4.69, 9.17) is 14.2 Å². The first-order valence-electron chi connectivity index (χ1n) is 21.9. The van der Waals surface area contributed by atoms with Crippen molar-refractivity contribution < 1.29 is 34.0 Å². The fourth-order valence-electron chi connectivity index (χ4n) is 8.75. The van der Waals surface area contributed by atoms with Gasteiger partial charge in [0.15, 0.2) is 0 Å². The van der Waals surface area contributed by atoms with E-state index >= 15 is 0 Å². The minimum atomic E-state index is -0.895. The molecule has 3 aliphatic heterocycles. The zero-order valence-corrected chi connectivity index (χ0v) is 36.0. The van der Waals surface area contributed by atoms with Gasteiger partial charge in [0.05, 0.1) is 24.8 Å². The summed E-state index contributed by atoms with van der Waals surface area (Å²) < 4.78 is 17.7. The number of rotatable bonds is 18. The lowest BCUT2D eigenvalue weighted by atomic mass is 9.86. The van der Waals surface area contributed by atoms with Crippen molar-refractivity contribution in [3.8, 4) is 17.2 Å². The number of H-pyrrole nitrogens is 1. The second-order valence-corrected chi connectivity index (χ2v) is 16.6. The molecule has 3 atom stereocenters. The molecule has 0 spiro atoms. The number of alkyl carbamates (subject to hydrolysis) is 1. The van der Waals surface area contributed by atoms with Crippen LogP contribution in [0.15, 0.2) is 132 Å².